The standard InChI is InChI=1S/C61H49NO/c1-61(2)54-32-10-6-25-48(54)49-37-36-43(39-55(49)61)45-24-7-11-33-56(45)62(44-23-14-22-42(38-44)47-29-17-31-53-51-27-9-13-35-58(51)63-60(47)53)57-34-12-8-26-50(57)52-30-16-21-41-20-15-28-46(59(41)52)40-18-4-3-5-19-40/h6-17,20-40H,3-5,18-19H2,1-2H3. The number of nitrogens with zero attached hydrogens (tertiary/aromatic N) is 1. The minimum absolute atomic E-state index is 0.112. The van der Waals surface area contributed by atoms with Crippen molar-refractivity contribution in [2.75, 3.05) is 4.90 Å². The number of anilines is 3. The second-order valence-electron chi connectivity index (χ2n) is 18.2. The summed E-state index contributed by atoms with van der Waals surface area (Å²) < 4.78 is 6.63. The van der Waals surface area contributed by atoms with E-state index in [1.54, 1.807) is 0 Å². The van der Waals surface area contributed by atoms with Crippen LogP contribution in [-0.2, 0) is 5.41 Å². The zero-order chi connectivity index (χ0) is 42.1. The van der Waals surface area contributed by atoms with E-state index >= 15 is 0 Å². The van der Waals surface area contributed by atoms with Gasteiger partial charge in [-0.15, -0.1) is 0 Å². The Labute approximate surface area is 370 Å². The van der Waals surface area contributed by atoms with Crippen LogP contribution in [0.4, 0.5) is 17.1 Å². The van der Waals surface area contributed by atoms with Crippen molar-refractivity contribution in [1.29, 1.82) is 0 Å². The van der Waals surface area contributed by atoms with E-state index in [9.17, 15) is 0 Å². The lowest BCUT2D eigenvalue weighted by Crippen LogP contribution is -2.15. The fourth-order valence-electron chi connectivity index (χ4n) is 11.2. The van der Waals surface area contributed by atoms with Crippen molar-refractivity contribution >= 4 is 49.8 Å². The summed E-state index contributed by atoms with van der Waals surface area (Å²) in [5, 5.41) is 4.96. The Morgan fingerprint density at radius 3 is 1.94 bits per heavy atom. The molecule has 63 heavy (non-hydrogen) atoms. The first-order valence-electron chi connectivity index (χ1n) is 22.8. The van der Waals surface area contributed by atoms with Gasteiger partial charge in [0.2, 0.25) is 0 Å². The van der Waals surface area contributed by atoms with Crippen LogP contribution in [0.3, 0.4) is 0 Å². The summed E-state index contributed by atoms with van der Waals surface area (Å²) >= 11 is 0. The molecule has 0 bridgehead atoms. The number of furan rings is 1. The molecule has 1 fully saturated rings. The van der Waals surface area contributed by atoms with Crippen LogP contribution < -0.4 is 4.90 Å². The summed E-state index contributed by atoms with van der Waals surface area (Å²) in [7, 11) is 0. The van der Waals surface area contributed by atoms with Crippen molar-refractivity contribution in [2.24, 2.45) is 0 Å². The highest BCUT2D eigenvalue weighted by molar-refractivity contribution is 6.10. The zero-order valence-corrected chi connectivity index (χ0v) is 35.9. The van der Waals surface area contributed by atoms with Crippen LogP contribution in [0.15, 0.2) is 199 Å². The third-order valence-corrected chi connectivity index (χ3v) is 14.3. The Morgan fingerprint density at radius 2 is 1.08 bits per heavy atom. The van der Waals surface area contributed by atoms with E-state index in [1.165, 1.54) is 92.9 Å². The molecule has 2 aliphatic rings. The SMILES string of the molecule is CC1(C)c2ccccc2-c2ccc(-c3ccccc3N(c3cccc(-c4cccc5c4oc4ccccc45)c3)c3ccccc3-c3cccc4cccc(C5CCCCC5)c34)cc21. The van der Waals surface area contributed by atoms with E-state index < -0.39 is 0 Å². The Kier molecular flexibility index (Phi) is 8.97. The van der Waals surface area contributed by atoms with E-state index in [1.807, 2.05) is 6.07 Å². The minimum atomic E-state index is -0.112. The lowest BCUT2D eigenvalue weighted by molar-refractivity contribution is 0.445. The number of fused-ring (bicyclic) bond motifs is 7. The minimum Gasteiger partial charge on any atom is -0.455 e. The lowest BCUT2D eigenvalue weighted by atomic mass is 9.80. The van der Waals surface area contributed by atoms with Gasteiger partial charge in [0.05, 0.1) is 11.4 Å². The molecule has 12 rings (SSSR count). The van der Waals surface area contributed by atoms with Gasteiger partial charge in [0.15, 0.2) is 0 Å². The predicted molar refractivity (Wildman–Crippen MR) is 266 cm³/mol. The van der Waals surface area contributed by atoms with Crippen LogP contribution in [0, 0.1) is 0 Å². The number of hydrogen-bond donors (Lipinski definition) is 0. The molecular formula is C61H49NO. The van der Waals surface area contributed by atoms with Crippen molar-refractivity contribution in [3.05, 3.63) is 211 Å². The monoisotopic (exact) mass is 811 g/mol. The average molecular weight is 812 g/mol. The van der Waals surface area contributed by atoms with Crippen LogP contribution in [0.1, 0.15) is 68.6 Å². The normalized spacial score (nSPS) is 14.6. The number of para-hydroxylation sites is 4. The van der Waals surface area contributed by atoms with Crippen LogP contribution in [0.25, 0.3) is 77.2 Å². The molecule has 9 aromatic carbocycles. The number of benzene rings is 9. The van der Waals surface area contributed by atoms with Gasteiger partial charge in [0.25, 0.3) is 0 Å². The van der Waals surface area contributed by atoms with Gasteiger partial charge in [-0.1, -0.05) is 191 Å². The molecule has 304 valence electrons. The molecule has 0 amide bonds. The largest absolute Gasteiger partial charge is 0.455 e. The van der Waals surface area contributed by atoms with E-state index in [2.05, 4.69) is 207 Å². The molecular weight excluding hydrogens is 763 g/mol. The van der Waals surface area contributed by atoms with E-state index in [0.29, 0.717) is 5.92 Å². The van der Waals surface area contributed by atoms with Gasteiger partial charge in [-0.2, -0.15) is 0 Å². The van der Waals surface area contributed by atoms with Gasteiger partial charge in [-0.25, -0.2) is 0 Å². The summed E-state index contributed by atoms with van der Waals surface area (Å²) in [6.45, 7) is 4.74. The molecule has 0 radical (unpaired) electrons. The van der Waals surface area contributed by atoms with Gasteiger partial charge < -0.3 is 9.32 Å². The predicted octanol–water partition coefficient (Wildman–Crippen LogP) is 17.6. The van der Waals surface area contributed by atoms with Crippen molar-refractivity contribution in [3.63, 3.8) is 0 Å². The van der Waals surface area contributed by atoms with Gasteiger partial charge in [0, 0.05) is 38.6 Å². The molecule has 0 spiro atoms. The van der Waals surface area contributed by atoms with Crippen LogP contribution in [0.2, 0.25) is 0 Å². The third-order valence-electron chi connectivity index (χ3n) is 14.3. The summed E-state index contributed by atoms with van der Waals surface area (Å²) in [5.74, 6) is 0.570. The van der Waals surface area contributed by atoms with Crippen molar-refractivity contribution in [2.45, 2.75) is 57.3 Å². The fourth-order valence-corrected chi connectivity index (χ4v) is 11.2. The maximum absolute atomic E-state index is 6.63. The first-order chi connectivity index (χ1) is 31.0. The molecule has 1 saturated carbocycles. The summed E-state index contributed by atoms with van der Waals surface area (Å²) in [4.78, 5) is 2.52. The highest BCUT2D eigenvalue weighted by Gasteiger charge is 2.35. The first kappa shape index (κ1) is 37.6. The molecule has 2 aliphatic carbocycles. The molecule has 1 heterocycles. The Bertz CT molecular complexity index is 3370. The quantitative estimate of drug-likeness (QED) is 0.159. The molecule has 2 nitrogen and oxygen atoms in total. The van der Waals surface area contributed by atoms with Gasteiger partial charge in [-0.3, -0.25) is 0 Å². The highest BCUT2D eigenvalue weighted by Crippen LogP contribution is 2.52. The van der Waals surface area contributed by atoms with E-state index in [-0.39, 0.29) is 5.41 Å². The average Bonchev–Trinajstić information content (AvgIpc) is 3.83. The topological polar surface area (TPSA) is 16.4 Å². The Balaban J connectivity index is 1.09. The van der Waals surface area contributed by atoms with Crippen molar-refractivity contribution < 1.29 is 4.42 Å². The summed E-state index contributed by atoms with van der Waals surface area (Å²) in [6.07, 6.45) is 6.44. The molecule has 0 N–H and O–H groups in total. The van der Waals surface area contributed by atoms with Crippen molar-refractivity contribution in [3.8, 4) is 44.5 Å². The summed E-state index contributed by atoms with van der Waals surface area (Å²) in [6, 6.07) is 72.0. The maximum atomic E-state index is 6.63. The van der Waals surface area contributed by atoms with E-state index in [0.717, 1.165) is 50.1 Å². The molecule has 0 unspecified atom stereocenters. The molecule has 0 atom stereocenters. The van der Waals surface area contributed by atoms with Gasteiger partial charge in [-0.05, 0) is 110 Å². The van der Waals surface area contributed by atoms with Crippen LogP contribution >= 0.6 is 0 Å². The Hall–Kier alpha value is -7.16. The smallest absolute Gasteiger partial charge is 0.143 e. The maximum Gasteiger partial charge on any atom is 0.143 e. The summed E-state index contributed by atoms with van der Waals surface area (Å²) in [5.41, 5.74) is 19.1. The molecule has 2 heteroatoms. The highest BCUT2D eigenvalue weighted by atomic mass is 16.3. The number of rotatable bonds is 7. The zero-order valence-electron chi connectivity index (χ0n) is 35.9. The molecule has 0 aliphatic heterocycles. The van der Waals surface area contributed by atoms with Gasteiger partial charge >= 0.3 is 0 Å². The van der Waals surface area contributed by atoms with Crippen LogP contribution in [-0.4, -0.2) is 0 Å². The lowest BCUT2D eigenvalue weighted by Gasteiger charge is -2.31. The second-order valence-corrected chi connectivity index (χ2v) is 18.2. The van der Waals surface area contributed by atoms with E-state index in [4.69, 9.17) is 4.42 Å². The molecule has 0 saturated heterocycles. The Morgan fingerprint density at radius 1 is 0.460 bits per heavy atom. The first-order valence-corrected chi connectivity index (χ1v) is 22.8. The van der Waals surface area contributed by atoms with Crippen molar-refractivity contribution in [1.82, 2.24) is 0 Å². The second kappa shape index (κ2) is 15.0. The van der Waals surface area contributed by atoms with Gasteiger partial charge in [0.1, 0.15) is 11.2 Å². The number of hydrogen-bond acceptors (Lipinski definition) is 2. The fraction of sp³-hybridized carbons (Fsp3) is 0.148. The van der Waals surface area contributed by atoms with Crippen LogP contribution in [0.5, 0.6) is 0 Å². The molecule has 10 aromatic rings. The third kappa shape index (κ3) is 6.15. The molecule has 1 aromatic heterocycles.